The molecule has 2 heterocycles. The van der Waals surface area contributed by atoms with E-state index in [0.717, 1.165) is 47.4 Å². The van der Waals surface area contributed by atoms with Crippen LogP contribution in [0.1, 0.15) is 22.8 Å². The highest BCUT2D eigenvalue weighted by Gasteiger charge is 2.08. The Labute approximate surface area is 187 Å². The first kappa shape index (κ1) is 21.4. The van der Waals surface area contributed by atoms with Crippen molar-refractivity contribution in [2.45, 2.75) is 26.4 Å². The van der Waals surface area contributed by atoms with Crippen LogP contribution in [-0.4, -0.2) is 39.4 Å². The van der Waals surface area contributed by atoms with Crippen LogP contribution in [0.4, 0.5) is 0 Å². The monoisotopic (exact) mass is 431 g/mol. The van der Waals surface area contributed by atoms with Crippen LogP contribution in [0.5, 0.6) is 5.75 Å². The molecular weight excluding hydrogens is 402 g/mol. The number of H-pyrrole nitrogens is 1. The fraction of sp³-hybridized carbons (Fsp3) is 0.292. The number of para-hydroxylation sites is 1. The van der Waals surface area contributed by atoms with E-state index < -0.39 is 0 Å². The van der Waals surface area contributed by atoms with Gasteiger partial charge >= 0.3 is 0 Å². The molecule has 0 saturated carbocycles. The topological polar surface area (TPSA) is 92.2 Å². The molecule has 0 fully saturated rings. The highest BCUT2D eigenvalue weighted by molar-refractivity contribution is 5.83. The van der Waals surface area contributed by atoms with Crippen LogP contribution in [-0.2, 0) is 26.6 Å². The van der Waals surface area contributed by atoms with Crippen molar-refractivity contribution in [3.63, 3.8) is 0 Å². The molecule has 0 aliphatic carbocycles. The van der Waals surface area contributed by atoms with Gasteiger partial charge in [0.2, 0.25) is 0 Å². The van der Waals surface area contributed by atoms with Gasteiger partial charge in [0.05, 0.1) is 20.2 Å². The van der Waals surface area contributed by atoms with Gasteiger partial charge in [-0.25, -0.2) is 4.99 Å². The number of rotatable bonds is 8. The number of methoxy groups -OCH3 is 1. The molecule has 166 valence electrons. The summed E-state index contributed by atoms with van der Waals surface area (Å²) in [7, 11) is 3.63. The molecule has 0 atom stereocenters. The lowest BCUT2D eigenvalue weighted by Crippen LogP contribution is -2.38. The van der Waals surface area contributed by atoms with E-state index in [0.29, 0.717) is 13.1 Å². The first-order valence-electron chi connectivity index (χ1n) is 10.7. The predicted molar refractivity (Wildman–Crippen MR) is 127 cm³/mol. The number of nitrogens with one attached hydrogen (secondary N) is 3. The average Bonchev–Trinajstić information content (AvgIpc) is 3.38. The van der Waals surface area contributed by atoms with Crippen LogP contribution >= 0.6 is 0 Å². The highest BCUT2D eigenvalue weighted by Crippen LogP contribution is 2.17. The number of aromatic nitrogens is 4. The minimum absolute atomic E-state index is 0.541. The van der Waals surface area contributed by atoms with Crippen molar-refractivity contribution in [2.75, 3.05) is 13.7 Å². The Morgan fingerprint density at radius 3 is 2.66 bits per heavy atom. The van der Waals surface area contributed by atoms with Crippen molar-refractivity contribution in [3.05, 3.63) is 77.5 Å². The molecule has 0 unspecified atom stereocenters. The zero-order valence-electron chi connectivity index (χ0n) is 18.7. The normalized spacial score (nSPS) is 11.7. The van der Waals surface area contributed by atoms with Gasteiger partial charge in [-0.15, -0.1) is 10.2 Å². The second kappa shape index (κ2) is 10.00. The molecule has 0 bridgehead atoms. The summed E-state index contributed by atoms with van der Waals surface area (Å²) in [5.41, 5.74) is 3.55. The first-order chi connectivity index (χ1) is 15.6. The molecule has 4 aromatic rings. The average molecular weight is 432 g/mol. The SMILES string of the molecule is COc1ccc(CN=C(NCCc2c[nH]c3ccccc23)NCc2nnc(C)n2C)cc1. The molecule has 3 N–H and O–H groups in total. The number of hydrogen-bond donors (Lipinski definition) is 3. The van der Waals surface area contributed by atoms with E-state index in [4.69, 9.17) is 9.73 Å². The van der Waals surface area contributed by atoms with Crippen molar-refractivity contribution in [2.24, 2.45) is 12.0 Å². The van der Waals surface area contributed by atoms with Crippen LogP contribution in [0.25, 0.3) is 10.9 Å². The van der Waals surface area contributed by atoms with Gasteiger partial charge in [-0.2, -0.15) is 0 Å². The Hall–Kier alpha value is -3.81. The minimum Gasteiger partial charge on any atom is -0.497 e. The summed E-state index contributed by atoms with van der Waals surface area (Å²) in [6.07, 6.45) is 2.96. The van der Waals surface area contributed by atoms with Crippen LogP contribution in [0.15, 0.2) is 59.7 Å². The maximum atomic E-state index is 5.24. The largest absolute Gasteiger partial charge is 0.497 e. The number of aliphatic imine (C=N–C) groups is 1. The van der Waals surface area contributed by atoms with E-state index in [1.165, 1.54) is 10.9 Å². The summed E-state index contributed by atoms with van der Waals surface area (Å²) in [4.78, 5) is 8.11. The van der Waals surface area contributed by atoms with Crippen molar-refractivity contribution in [3.8, 4) is 5.75 Å². The van der Waals surface area contributed by atoms with E-state index in [1.54, 1.807) is 7.11 Å². The molecule has 0 aliphatic rings. The second-order valence-electron chi connectivity index (χ2n) is 7.63. The number of aryl methyl sites for hydroxylation is 1. The molecule has 0 saturated heterocycles. The molecule has 0 radical (unpaired) electrons. The predicted octanol–water partition coefficient (Wildman–Crippen LogP) is 3.09. The van der Waals surface area contributed by atoms with E-state index in [-0.39, 0.29) is 0 Å². The molecule has 0 amide bonds. The van der Waals surface area contributed by atoms with Gasteiger partial charge in [-0.05, 0) is 42.7 Å². The Balaban J connectivity index is 1.42. The van der Waals surface area contributed by atoms with Gasteiger partial charge in [0.1, 0.15) is 11.6 Å². The summed E-state index contributed by atoms with van der Waals surface area (Å²) < 4.78 is 7.21. The third kappa shape index (κ3) is 5.08. The van der Waals surface area contributed by atoms with E-state index in [1.807, 2.05) is 48.9 Å². The van der Waals surface area contributed by atoms with E-state index >= 15 is 0 Å². The number of benzene rings is 2. The van der Waals surface area contributed by atoms with Gasteiger partial charge in [-0.3, -0.25) is 0 Å². The van der Waals surface area contributed by atoms with E-state index in [2.05, 4.69) is 50.2 Å². The summed E-state index contributed by atoms with van der Waals surface area (Å²) >= 11 is 0. The zero-order valence-corrected chi connectivity index (χ0v) is 18.7. The van der Waals surface area contributed by atoms with Crippen LogP contribution in [0, 0.1) is 6.92 Å². The van der Waals surface area contributed by atoms with Crippen molar-refractivity contribution in [1.29, 1.82) is 0 Å². The summed E-state index contributed by atoms with van der Waals surface area (Å²) in [6.45, 7) is 3.80. The number of aromatic amines is 1. The fourth-order valence-corrected chi connectivity index (χ4v) is 3.50. The Morgan fingerprint density at radius 2 is 1.91 bits per heavy atom. The Bertz CT molecular complexity index is 1190. The number of guanidine groups is 1. The maximum Gasteiger partial charge on any atom is 0.191 e. The molecule has 8 nitrogen and oxygen atoms in total. The molecule has 0 spiro atoms. The van der Waals surface area contributed by atoms with Gasteiger partial charge in [0.15, 0.2) is 11.8 Å². The van der Waals surface area contributed by atoms with Gasteiger partial charge in [-0.1, -0.05) is 30.3 Å². The summed E-state index contributed by atoms with van der Waals surface area (Å²) in [5, 5.41) is 16.5. The number of ether oxygens (including phenoxy) is 1. The lowest BCUT2D eigenvalue weighted by atomic mass is 10.1. The lowest BCUT2D eigenvalue weighted by molar-refractivity contribution is 0.414. The summed E-state index contributed by atoms with van der Waals surface area (Å²) in [6, 6.07) is 16.3. The number of fused-ring (bicyclic) bond motifs is 1. The van der Waals surface area contributed by atoms with Crippen LogP contribution in [0.3, 0.4) is 0 Å². The lowest BCUT2D eigenvalue weighted by Gasteiger charge is -2.13. The van der Waals surface area contributed by atoms with E-state index in [9.17, 15) is 0 Å². The third-order valence-electron chi connectivity index (χ3n) is 5.54. The van der Waals surface area contributed by atoms with Gasteiger partial charge in [0, 0.05) is 30.7 Å². The van der Waals surface area contributed by atoms with Crippen molar-refractivity contribution >= 4 is 16.9 Å². The molecule has 2 aromatic carbocycles. The molecule has 8 heteroatoms. The standard InChI is InChI=1S/C24H29N7O/c1-17-29-30-23(31(17)2)16-28-24(27-14-18-8-10-20(32-3)11-9-18)25-13-12-19-15-26-22-7-5-4-6-21(19)22/h4-11,15,26H,12-14,16H2,1-3H3,(H2,25,27,28). The first-order valence-corrected chi connectivity index (χ1v) is 10.7. The second-order valence-corrected chi connectivity index (χ2v) is 7.63. The molecule has 32 heavy (non-hydrogen) atoms. The quantitative estimate of drug-likeness (QED) is 0.295. The van der Waals surface area contributed by atoms with Crippen LogP contribution < -0.4 is 15.4 Å². The van der Waals surface area contributed by atoms with Crippen molar-refractivity contribution in [1.82, 2.24) is 30.4 Å². The van der Waals surface area contributed by atoms with Crippen molar-refractivity contribution < 1.29 is 4.74 Å². The smallest absolute Gasteiger partial charge is 0.191 e. The van der Waals surface area contributed by atoms with Gasteiger partial charge < -0.3 is 24.9 Å². The zero-order chi connectivity index (χ0) is 22.3. The minimum atomic E-state index is 0.541. The number of nitrogens with zero attached hydrogens (tertiary/aromatic N) is 4. The third-order valence-corrected chi connectivity index (χ3v) is 5.54. The molecule has 0 aliphatic heterocycles. The highest BCUT2D eigenvalue weighted by atomic mass is 16.5. The van der Waals surface area contributed by atoms with Crippen LogP contribution in [0.2, 0.25) is 0 Å². The molecule has 4 rings (SSSR count). The Morgan fingerprint density at radius 1 is 1.09 bits per heavy atom. The van der Waals surface area contributed by atoms with Gasteiger partial charge in [0.25, 0.3) is 0 Å². The number of hydrogen-bond acceptors (Lipinski definition) is 4. The molecular formula is C24H29N7O. The maximum absolute atomic E-state index is 5.24. The Kier molecular flexibility index (Phi) is 6.69. The fourth-order valence-electron chi connectivity index (χ4n) is 3.50. The summed E-state index contributed by atoms with van der Waals surface area (Å²) in [5.74, 6) is 3.32. The molecule has 2 aromatic heterocycles.